The van der Waals surface area contributed by atoms with E-state index in [1.54, 1.807) is 11.0 Å². The summed E-state index contributed by atoms with van der Waals surface area (Å²) in [5.74, 6) is 0.139. The number of piperidine rings is 1. The molecular formula is C18H23N2O2+. The maximum atomic E-state index is 12.4. The van der Waals surface area contributed by atoms with Gasteiger partial charge in [-0.15, -0.1) is 0 Å². The van der Waals surface area contributed by atoms with E-state index < -0.39 is 0 Å². The van der Waals surface area contributed by atoms with Crippen LogP contribution in [0.4, 0.5) is 5.69 Å². The number of anilines is 1. The second-order valence-corrected chi connectivity index (χ2v) is 6.94. The van der Waals surface area contributed by atoms with E-state index in [1.807, 2.05) is 18.2 Å². The van der Waals surface area contributed by atoms with E-state index in [1.165, 1.54) is 43.4 Å². The molecule has 116 valence electrons. The molecule has 0 bridgehead atoms. The molecule has 22 heavy (non-hydrogen) atoms. The number of Topliss-reactive ketones (excluding diaryl/α,β-unsaturated/α-hetero) is 1. The molecule has 0 radical (unpaired) electrons. The molecule has 1 saturated heterocycles. The Bertz CT molecular complexity index is 611. The highest BCUT2D eigenvalue weighted by Gasteiger charge is 2.42. The zero-order valence-electron chi connectivity index (χ0n) is 12.9. The lowest BCUT2D eigenvalue weighted by molar-refractivity contribution is -0.935. The second-order valence-electron chi connectivity index (χ2n) is 6.94. The van der Waals surface area contributed by atoms with Crippen molar-refractivity contribution in [3.63, 3.8) is 0 Å². The predicted molar refractivity (Wildman–Crippen MR) is 83.9 cm³/mol. The Balaban J connectivity index is 1.58. The average molecular weight is 299 g/mol. The van der Waals surface area contributed by atoms with Gasteiger partial charge in [0.15, 0.2) is 6.67 Å². The van der Waals surface area contributed by atoms with E-state index in [0.717, 1.165) is 18.2 Å². The molecule has 3 aliphatic rings. The summed E-state index contributed by atoms with van der Waals surface area (Å²) in [5.41, 5.74) is 1.38. The van der Waals surface area contributed by atoms with Crippen molar-refractivity contribution < 1.29 is 14.5 Å². The van der Waals surface area contributed by atoms with E-state index in [0.29, 0.717) is 18.3 Å². The first kappa shape index (κ1) is 13.9. The van der Waals surface area contributed by atoms with Gasteiger partial charge in [-0.25, -0.2) is 0 Å². The minimum absolute atomic E-state index is 0.341. The van der Waals surface area contributed by atoms with Gasteiger partial charge in [0.2, 0.25) is 0 Å². The number of benzene rings is 1. The van der Waals surface area contributed by atoms with Crippen molar-refractivity contribution in [2.45, 2.75) is 44.6 Å². The molecule has 0 aromatic heterocycles. The Labute approximate surface area is 131 Å². The largest absolute Gasteiger partial charge is 0.315 e. The van der Waals surface area contributed by atoms with Crippen molar-refractivity contribution in [1.29, 1.82) is 0 Å². The van der Waals surface area contributed by atoms with Crippen LogP contribution in [0.3, 0.4) is 0 Å². The minimum Gasteiger partial charge on any atom is -0.315 e. The van der Waals surface area contributed by atoms with Gasteiger partial charge in [0.05, 0.1) is 23.8 Å². The number of nitrogens with one attached hydrogen (secondary N) is 1. The zero-order valence-corrected chi connectivity index (χ0v) is 12.9. The Morgan fingerprint density at radius 3 is 2.73 bits per heavy atom. The average Bonchev–Trinajstić information content (AvgIpc) is 2.81. The molecule has 3 atom stereocenters. The quantitative estimate of drug-likeness (QED) is 0.839. The van der Waals surface area contributed by atoms with E-state index in [4.69, 9.17) is 0 Å². The predicted octanol–water partition coefficient (Wildman–Crippen LogP) is 1.41. The van der Waals surface area contributed by atoms with Gasteiger partial charge in [0, 0.05) is 5.92 Å². The van der Waals surface area contributed by atoms with Gasteiger partial charge < -0.3 is 4.90 Å². The third-order valence-electron chi connectivity index (χ3n) is 5.75. The molecule has 4 heteroatoms. The highest BCUT2D eigenvalue weighted by atomic mass is 16.2. The van der Waals surface area contributed by atoms with Crippen LogP contribution in [0, 0.1) is 5.92 Å². The van der Waals surface area contributed by atoms with Crippen LogP contribution in [0.5, 0.6) is 0 Å². The number of para-hydroxylation sites is 1. The number of hydrogen-bond donors (Lipinski definition) is 1. The summed E-state index contributed by atoms with van der Waals surface area (Å²) in [6.07, 6.45) is 7.88. The van der Waals surface area contributed by atoms with Gasteiger partial charge >= 0.3 is 5.91 Å². The van der Waals surface area contributed by atoms with Gasteiger partial charge in [-0.1, -0.05) is 18.6 Å². The van der Waals surface area contributed by atoms with E-state index in [-0.39, 0.29) is 11.7 Å². The fourth-order valence-corrected chi connectivity index (χ4v) is 4.67. The topological polar surface area (TPSA) is 41.8 Å². The number of fused-ring (bicyclic) bond motifs is 2. The molecule has 1 saturated carbocycles. The van der Waals surface area contributed by atoms with Crippen molar-refractivity contribution in [3.8, 4) is 0 Å². The molecular weight excluding hydrogens is 276 g/mol. The number of quaternary nitrogens is 1. The summed E-state index contributed by atoms with van der Waals surface area (Å²) in [7, 11) is 0. The van der Waals surface area contributed by atoms with Gasteiger partial charge in [0.25, 0.3) is 5.78 Å². The normalized spacial score (nSPS) is 31.1. The van der Waals surface area contributed by atoms with Crippen LogP contribution in [0.15, 0.2) is 24.3 Å². The smallest absolute Gasteiger partial charge is 0.303 e. The molecule has 4 rings (SSSR count). The molecule has 0 spiro atoms. The van der Waals surface area contributed by atoms with Gasteiger partial charge in [0.1, 0.15) is 0 Å². The third-order valence-corrected chi connectivity index (χ3v) is 5.75. The fraction of sp³-hybridized carbons (Fsp3) is 0.556. The summed E-state index contributed by atoms with van der Waals surface area (Å²) >= 11 is 0. The number of nitrogens with zero attached hydrogens (tertiary/aromatic N) is 1. The van der Waals surface area contributed by atoms with Crippen molar-refractivity contribution >= 4 is 17.4 Å². The monoisotopic (exact) mass is 299 g/mol. The third kappa shape index (κ3) is 2.17. The van der Waals surface area contributed by atoms with Crippen LogP contribution in [0.1, 0.15) is 48.9 Å². The summed E-state index contributed by atoms with van der Waals surface area (Å²) in [5, 5.41) is 0. The van der Waals surface area contributed by atoms with E-state index >= 15 is 0 Å². The summed E-state index contributed by atoms with van der Waals surface area (Å²) in [4.78, 5) is 27.7. The minimum atomic E-state index is -0.341. The molecule has 1 aromatic rings. The molecule has 1 aromatic carbocycles. The van der Waals surface area contributed by atoms with Gasteiger partial charge in [-0.2, -0.15) is 0 Å². The van der Waals surface area contributed by atoms with E-state index in [2.05, 4.69) is 0 Å². The molecule has 4 nitrogen and oxygen atoms in total. The van der Waals surface area contributed by atoms with Crippen molar-refractivity contribution in [2.24, 2.45) is 5.92 Å². The van der Waals surface area contributed by atoms with Gasteiger partial charge in [-0.3, -0.25) is 14.5 Å². The molecule has 2 fully saturated rings. The molecule has 1 N–H and O–H groups in total. The number of carbonyl (C=O) groups is 2. The molecule has 1 unspecified atom stereocenters. The lowest BCUT2D eigenvalue weighted by atomic mass is 9.78. The standard InChI is InChI=1S/C18H22N2O2/c21-17-14-8-2-4-10-16(14)20(18(17)22)12-19-11-5-7-13-6-1-3-9-15(13)19/h2,4,8,10,13,15H,1,3,5-7,9,11-12H2/p+1/t13-,15-/m0/s1. The Kier molecular flexibility index (Phi) is 3.49. The lowest BCUT2D eigenvalue weighted by Crippen LogP contribution is -3.19. The van der Waals surface area contributed by atoms with Crippen LogP contribution < -0.4 is 9.80 Å². The van der Waals surface area contributed by atoms with Crippen LogP contribution in [-0.2, 0) is 4.79 Å². The maximum Gasteiger partial charge on any atom is 0.303 e. The van der Waals surface area contributed by atoms with Crippen molar-refractivity contribution in [2.75, 3.05) is 18.1 Å². The van der Waals surface area contributed by atoms with Crippen LogP contribution in [-0.4, -0.2) is 30.9 Å². The second kappa shape index (κ2) is 5.51. The first-order valence-electron chi connectivity index (χ1n) is 8.55. The number of ketones is 1. The molecule has 2 aliphatic heterocycles. The Morgan fingerprint density at radius 1 is 1.05 bits per heavy atom. The lowest BCUT2D eigenvalue weighted by Gasteiger charge is -2.42. The van der Waals surface area contributed by atoms with Gasteiger partial charge in [-0.05, 0) is 44.2 Å². The van der Waals surface area contributed by atoms with Crippen LogP contribution in [0.25, 0.3) is 0 Å². The summed E-state index contributed by atoms with van der Waals surface area (Å²) in [6, 6.07) is 8.09. The van der Waals surface area contributed by atoms with Crippen molar-refractivity contribution in [3.05, 3.63) is 29.8 Å². The van der Waals surface area contributed by atoms with Crippen LogP contribution >= 0.6 is 0 Å². The highest BCUT2D eigenvalue weighted by molar-refractivity contribution is 6.52. The number of carbonyl (C=O) groups excluding carboxylic acids is 2. The Morgan fingerprint density at radius 2 is 1.82 bits per heavy atom. The summed E-state index contributed by atoms with van der Waals surface area (Å²) < 4.78 is 0. The summed E-state index contributed by atoms with van der Waals surface area (Å²) in [6.45, 7) is 1.78. The van der Waals surface area contributed by atoms with E-state index in [9.17, 15) is 9.59 Å². The number of rotatable bonds is 2. The first-order valence-corrected chi connectivity index (χ1v) is 8.55. The molecule has 1 aliphatic carbocycles. The van der Waals surface area contributed by atoms with Crippen LogP contribution in [0.2, 0.25) is 0 Å². The van der Waals surface area contributed by atoms with Crippen molar-refractivity contribution in [1.82, 2.24) is 0 Å². The first-order chi connectivity index (χ1) is 10.8. The number of hydrogen-bond acceptors (Lipinski definition) is 2. The Hall–Kier alpha value is -1.68. The SMILES string of the molecule is O=C1C(=O)N(C[NH+]2CCC[C@@H]3CCCC[C@@H]32)c2ccccc21. The number of likely N-dealkylation sites (tertiary alicyclic amines) is 1. The fourth-order valence-electron chi connectivity index (χ4n) is 4.67. The number of amides is 1. The molecule has 1 amide bonds. The zero-order chi connectivity index (χ0) is 15.1. The molecule has 2 heterocycles. The maximum absolute atomic E-state index is 12.4. The highest BCUT2D eigenvalue weighted by Crippen LogP contribution is 2.30.